The van der Waals surface area contributed by atoms with Crippen LogP contribution < -0.4 is 10.6 Å². The number of nitrogens with one attached hydrogen (secondary N) is 2. The number of nitrogens with zero attached hydrogens (tertiary/aromatic N) is 3. The SMILES string of the molecule is CCNc1nc(Cl)nc(NCC2CCCS2)n1. The smallest absolute Gasteiger partial charge is 0.228 e. The van der Waals surface area contributed by atoms with E-state index in [1.54, 1.807) is 0 Å². The number of halogens is 1. The van der Waals surface area contributed by atoms with Gasteiger partial charge in [-0.1, -0.05) is 0 Å². The van der Waals surface area contributed by atoms with Gasteiger partial charge >= 0.3 is 0 Å². The fourth-order valence-electron chi connectivity index (χ4n) is 1.68. The Morgan fingerprint density at radius 1 is 1.29 bits per heavy atom. The molecule has 1 aromatic heterocycles. The molecule has 94 valence electrons. The zero-order chi connectivity index (χ0) is 12.1. The summed E-state index contributed by atoms with van der Waals surface area (Å²) in [6.07, 6.45) is 2.56. The fraction of sp³-hybridized carbons (Fsp3) is 0.700. The first-order valence-electron chi connectivity index (χ1n) is 5.79. The van der Waals surface area contributed by atoms with Crippen molar-refractivity contribution in [3.63, 3.8) is 0 Å². The Labute approximate surface area is 110 Å². The molecule has 0 aliphatic carbocycles. The molecule has 5 nitrogen and oxygen atoms in total. The van der Waals surface area contributed by atoms with E-state index < -0.39 is 0 Å². The molecule has 17 heavy (non-hydrogen) atoms. The molecule has 1 atom stereocenters. The molecule has 2 N–H and O–H groups in total. The van der Waals surface area contributed by atoms with Crippen LogP contribution in [-0.4, -0.2) is 39.0 Å². The summed E-state index contributed by atoms with van der Waals surface area (Å²) < 4.78 is 0. The minimum Gasteiger partial charge on any atom is -0.354 e. The van der Waals surface area contributed by atoms with Gasteiger partial charge in [-0.2, -0.15) is 26.7 Å². The maximum absolute atomic E-state index is 5.83. The third-order valence-electron chi connectivity index (χ3n) is 2.45. The summed E-state index contributed by atoms with van der Waals surface area (Å²) in [4.78, 5) is 12.3. The van der Waals surface area contributed by atoms with Crippen LogP contribution in [0, 0.1) is 0 Å². The molecule has 1 aliphatic heterocycles. The van der Waals surface area contributed by atoms with Crippen molar-refractivity contribution in [3.05, 3.63) is 5.28 Å². The average molecular weight is 274 g/mol. The Bertz CT molecular complexity index is 370. The molecule has 1 aromatic rings. The van der Waals surface area contributed by atoms with Crippen molar-refractivity contribution < 1.29 is 0 Å². The van der Waals surface area contributed by atoms with Crippen LogP contribution in [0.2, 0.25) is 5.28 Å². The summed E-state index contributed by atoms with van der Waals surface area (Å²) in [7, 11) is 0. The van der Waals surface area contributed by atoms with Crippen LogP contribution in [0.4, 0.5) is 11.9 Å². The molecule has 0 amide bonds. The fourth-order valence-corrected chi connectivity index (χ4v) is 3.04. The summed E-state index contributed by atoms with van der Waals surface area (Å²) >= 11 is 7.83. The van der Waals surface area contributed by atoms with E-state index in [9.17, 15) is 0 Å². The molecule has 1 saturated heterocycles. The van der Waals surface area contributed by atoms with Crippen molar-refractivity contribution in [2.24, 2.45) is 0 Å². The number of anilines is 2. The van der Waals surface area contributed by atoms with Gasteiger partial charge in [0.15, 0.2) is 0 Å². The lowest BCUT2D eigenvalue weighted by Crippen LogP contribution is -2.16. The van der Waals surface area contributed by atoms with Crippen LogP contribution in [0.1, 0.15) is 19.8 Å². The van der Waals surface area contributed by atoms with Gasteiger partial charge in [0, 0.05) is 18.3 Å². The second-order valence-electron chi connectivity index (χ2n) is 3.80. The number of rotatable bonds is 5. The van der Waals surface area contributed by atoms with Crippen LogP contribution >= 0.6 is 23.4 Å². The maximum atomic E-state index is 5.83. The summed E-state index contributed by atoms with van der Waals surface area (Å²) in [6.45, 7) is 3.63. The molecule has 7 heteroatoms. The van der Waals surface area contributed by atoms with E-state index in [0.717, 1.165) is 13.1 Å². The normalized spacial score (nSPS) is 19.3. The number of aromatic nitrogens is 3. The molecule has 2 rings (SSSR count). The number of hydrogen-bond acceptors (Lipinski definition) is 6. The maximum Gasteiger partial charge on any atom is 0.228 e. The van der Waals surface area contributed by atoms with E-state index in [0.29, 0.717) is 17.1 Å². The predicted octanol–water partition coefficient (Wildman–Crippen LogP) is 2.26. The molecule has 0 saturated carbocycles. The first-order valence-corrected chi connectivity index (χ1v) is 7.21. The van der Waals surface area contributed by atoms with Crippen molar-refractivity contribution in [2.45, 2.75) is 25.0 Å². The van der Waals surface area contributed by atoms with Gasteiger partial charge in [-0.15, -0.1) is 0 Å². The van der Waals surface area contributed by atoms with Crippen molar-refractivity contribution in [1.82, 2.24) is 15.0 Å². The monoisotopic (exact) mass is 273 g/mol. The van der Waals surface area contributed by atoms with Gasteiger partial charge in [0.1, 0.15) is 0 Å². The molecule has 1 fully saturated rings. The first-order chi connectivity index (χ1) is 8.28. The van der Waals surface area contributed by atoms with Gasteiger partial charge in [-0.05, 0) is 37.1 Å². The van der Waals surface area contributed by atoms with Crippen molar-refractivity contribution in [3.8, 4) is 0 Å². The Morgan fingerprint density at radius 2 is 2.06 bits per heavy atom. The molecule has 0 aromatic carbocycles. The molecule has 2 heterocycles. The number of hydrogen-bond donors (Lipinski definition) is 2. The van der Waals surface area contributed by atoms with E-state index in [-0.39, 0.29) is 5.28 Å². The van der Waals surface area contributed by atoms with Crippen LogP contribution in [0.15, 0.2) is 0 Å². The zero-order valence-electron chi connectivity index (χ0n) is 9.74. The van der Waals surface area contributed by atoms with Gasteiger partial charge in [-0.25, -0.2) is 0 Å². The second kappa shape index (κ2) is 6.26. The Balaban J connectivity index is 1.94. The van der Waals surface area contributed by atoms with Crippen LogP contribution in [0.5, 0.6) is 0 Å². The van der Waals surface area contributed by atoms with Crippen LogP contribution in [0.3, 0.4) is 0 Å². The summed E-state index contributed by atoms with van der Waals surface area (Å²) in [6, 6.07) is 0. The summed E-state index contributed by atoms with van der Waals surface area (Å²) in [5.74, 6) is 2.33. The van der Waals surface area contributed by atoms with Crippen molar-refractivity contribution >= 4 is 35.3 Å². The highest BCUT2D eigenvalue weighted by Gasteiger charge is 2.15. The molecule has 0 radical (unpaired) electrons. The number of thioether (sulfide) groups is 1. The Hall–Kier alpha value is -0.750. The molecular weight excluding hydrogens is 258 g/mol. The van der Waals surface area contributed by atoms with E-state index in [1.807, 2.05) is 18.7 Å². The lowest BCUT2D eigenvalue weighted by molar-refractivity contribution is 0.799. The quantitative estimate of drug-likeness (QED) is 0.858. The van der Waals surface area contributed by atoms with E-state index in [4.69, 9.17) is 11.6 Å². The Morgan fingerprint density at radius 3 is 2.71 bits per heavy atom. The van der Waals surface area contributed by atoms with Gasteiger partial charge in [0.2, 0.25) is 17.2 Å². The van der Waals surface area contributed by atoms with Crippen LogP contribution in [0.25, 0.3) is 0 Å². The lowest BCUT2D eigenvalue weighted by Gasteiger charge is -2.10. The predicted molar refractivity (Wildman–Crippen MR) is 73.0 cm³/mol. The third-order valence-corrected chi connectivity index (χ3v) is 4.02. The topological polar surface area (TPSA) is 62.7 Å². The van der Waals surface area contributed by atoms with Crippen molar-refractivity contribution in [2.75, 3.05) is 29.5 Å². The molecule has 1 unspecified atom stereocenters. The largest absolute Gasteiger partial charge is 0.354 e. The second-order valence-corrected chi connectivity index (χ2v) is 5.54. The van der Waals surface area contributed by atoms with Crippen molar-refractivity contribution in [1.29, 1.82) is 0 Å². The average Bonchev–Trinajstić information content (AvgIpc) is 2.79. The standard InChI is InChI=1S/C10H16ClN5S/c1-2-12-9-14-8(11)15-10(16-9)13-6-7-4-3-5-17-7/h7H,2-6H2,1H3,(H2,12,13,14,15,16). The van der Waals surface area contributed by atoms with Gasteiger partial charge in [0.25, 0.3) is 0 Å². The first kappa shape index (κ1) is 12.7. The van der Waals surface area contributed by atoms with Crippen LogP contribution in [-0.2, 0) is 0 Å². The highest BCUT2D eigenvalue weighted by atomic mass is 35.5. The highest BCUT2D eigenvalue weighted by molar-refractivity contribution is 8.00. The molecule has 1 aliphatic rings. The molecule has 0 bridgehead atoms. The summed E-state index contributed by atoms with van der Waals surface area (Å²) in [5, 5.41) is 7.12. The molecular formula is C10H16ClN5S. The minimum absolute atomic E-state index is 0.220. The van der Waals surface area contributed by atoms with Gasteiger partial charge in [-0.3, -0.25) is 0 Å². The highest BCUT2D eigenvalue weighted by Crippen LogP contribution is 2.26. The Kier molecular flexibility index (Phi) is 4.67. The zero-order valence-corrected chi connectivity index (χ0v) is 11.3. The van der Waals surface area contributed by atoms with Gasteiger partial charge in [0.05, 0.1) is 0 Å². The molecule has 0 spiro atoms. The van der Waals surface area contributed by atoms with Gasteiger partial charge < -0.3 is 10.6 Å². The van der Waals surface area contributed by atoms with E-state index >= 15 is 0 Å². The van der Waals surface area contributed by atoms with E-state index in [1.165, 1.54) is 18.6 Å². The third kappa shape index (κ3) is 3.89. The summed E-state index contributed by atoms with van der Waals surface area (Å²) in [5.41, 5.74) is 0. The van der Waals surface area contributed by atoms with E-state index in [2.05, 4.69) is 25.6 Å². The minimum atomic E-state index is 0.220. The lowest BCUT2D eigenvalue weighted by atomic mass is 10.2.